The molecular formula is C19H28N2O5. The summed E-state index contributed by atoms with van der Waals surface area (Å²) in [7, 11) is 2.85. The molecule has 7 nitrogen and oxygen atoms in total. The fourth-order valence-corrected chi connectivity index (χ4v) is 2.49. The van der Waals surface area contributed by atoms with Crippen LogP contribution in [0.15, 0.2) is 30.3 Å². The molecule has 0 fully saturated rings. The van der Waals surface area contributed by atoms with Crippen molar-refractivity contribution in [3.63, 3.8) is 0 Å². The first-order chi connectivity index (χ1) is 12.3. The predicted octanol–water partition coefficient (Wildman–Crippen LogP) is 2.35. The maximum absolute atomic E-state index is 12.9. The van der Waals surface area contributed by atoms with Gasteiger partial charge in [0.25, 0.3) is 0 Å². The standard InChI is InChI=1S/C19H28N2O5/c1-13(2)11-16(20-4)17(22)21(14(3)18(23)25-5)19(24)26-12-15-9-7-6-8-10-15/h6-10,13-14,16,20H,11-12H2,1-5H3/t14-,16+/m1/s1. The summed E-state index contributed by atoms with van der Waals surface area (Å²) in [5, 5.41) is 2.90. The highest BCUT2D eigenvalue weighted by Gasteiger charge is 2.37. The second kappa shape index (κ2) is 10.6. The number of benzene rings is 1. The van der Waals surface area contributed by atoms with Crippen LogP contribution in [0.2, 0.25) is 0 Å². The van der Waals surface area contributed by atoms with Gasteiger partial charge in [0.2, 0.25) is 5.91 Å². The van der Waals surface area contributed by atoms with Crippen molar-refractivity contribution in [1.82, 2.24) is 10.2 Å². The molecule has 0 spiro atoms. The molecule has 0 saturated heterocycles. The number of hydrogen-bond acceptors (Lipinski definition) is 6. The first-order valence-corrected chi connectivity index (χ1v) is 8.60. The van der Waals surface area contributed by atoms with Crippen molar-refractivity contribution >= 4 is 18.0 Å². The van der Waals surface area contributed by atoms with Crippen LogP contribution in [-0.4, -0.2) is 49.1 Å². The fourth-order valence-electron chi connectivity index (χ4n) is 2.49. The average molecular weight is 364 g/mol. The largest absolute Gasteiger partial charge is 0.467 e. The topological polar surface area (TPSA) is 84.9 Å². The molecule has 144 valence electrons. The van der Waals surface area contributed by atoms with E-state index < -0.39 is 30.1 Å². The lowest BCUT2D eigenvalue weighted by Crippen LogP contribution is -2.54. The summed E-state index contributed by atoms with van der Waals surface area (Å²) < 4.78 is 9.95. The molecule has 0 aromatic heterocycles. The maximum Gasteiger partial charge on any atom is 0.417 e. The van der Waals surface area contributed by atoms with Crippen molar-refractivity contribution in [3.8, 4) is 0 Å². The van der Waals surface area contributed by atoms with Crippen LogP contribution < -0.4 is 5.32 Å². The number of carbonyl (C=O) groups excluding carboxylic acids is 3. The van der Waals surface area contributed by atoms with Gasteiger partial charge in [-0.3, -0.25) is 4.79 Å². The highest BCUT2D eigenvalue weighted by Crippen LogP contribution is 2.14. The van der Waals surface area contributed by atoms with Crippen LogP contribution in [0.5, 0.6) is 0 Å². The van der Waals surface area contributed by atoms with E-state index in [0.717, 1.165) is 10.5 Å². The summed E-state index contributed by atoms with van der Waals surface area (Å²) in [5.74, 6) is -0.974. The van der Waals surface area contributed by atoms with Gasteiger partial charge in [0.1, 0.15) is 12.6 Å². The molecular weight excluding hydrogens is 336 g/mol. The molecule has 1 aromatic rings. The Bertz CT molecular complexity index is 603. The molecule has 0 saturated carbocycles. The third-order valence-corrected chi connectivity index (χ3v) is 3.92. The number of likely N-dealkylation sites (N-methyl/N-ethyl adjacent to an activating group) is 1. The number of methoxy groups -OCH3 is 1. The molecule has 1 N–H and O–H groups in total. The van der Waals surface area contributed by atoms with E-state index >= 15 is 0 Å². The van der Waals surface area contributed by atoms with E-state index in [1.54, 1.807) is 19.2 Å². The Morgan fingerprint density at radius 3 is 2.23 bits per heavy atom. The second-order valence-electron chi connectivity index (χ2n) is 6.42. The second-order valence-corrected chi connectivity index (χ2v) is 6.42. The summed E-state index contributed by atoms with van der Waals surface area (Å²) >= 11 is 0. The molecule has 26 heavy (non-hydrogen) atoms. The first kappa shape index (κ1) is 21.6. The highest BCUT2D eigenvalue weighted by atomic mass is 16.6. The fraction of sp³-hybridized carbons (Fsp3) is 0.526. The Morgan fingerprint density at radius 2 is 1.73 bits per heavy atom. The van der Waals surface area contributed by atoms with E-state index in [9.17, 15) is 14.4 Å². The summed E-state index contributed by atoms with van der Waals surface area (Å²) in [6, 6.07) is 7.41. The van der Waals surface area contributed by atoms with Crippen molar-refractivity contribution in [3.05, 3.63) is 35.9 Å². The molecule has 7 heteroatoms. The Hall–Kier alpha value is -2.41. The molecule has 1 rings (SSSR count). The Balaban J connectivity index is 2.97. The lowest BCUT2D eigenvalue weighted by Gasteiger charge is -2.29. The number of rotatable bonds is 8. The van der Waals surface area contributed by atoms with Crippen LogP contribution in [0.3, 0.4) is 0 Å². The minimum atomic E-state index is -1.08. The molecule has 0 unspecified atom stereocenters. The van der Waals surface area contributed by atoms with E-state index in [0.29, 0.717) is 6.42 Å². The molecule has 1 aromatic carbocycles. The smallest absolute Gasteiger partial charge is 0.417 e. The average Bonchev–Trinajstić information content (AvgIpc) is 2.64. The van der Waals surface area contributed by atoms with Crippen molar-refractivity contribution < 1.29 is 23.9 Å². The molecule has 2 atom stereocenters. The number of esters is 1. The van der Waals surface area contributed by atoms with Crippen LogP contribution in [0.25, 0.3) is 0 Å². The first-order valence-electron chi connectivity index (χ1n) is 8.60. The van der Waals surface area contributed by atoms with Crippen LogP contribution >= 0.6 is 0 Å². The van der Waals surface area contributed by atoms with E-state index in [1.807, 2.05) is 32.0 Å². The van der Waals surface area contributed by atoms with Crippen molar-refractivity contribution in [2.45, 2.75) is 45.9 Å². The van der Waals surface area contributed by atoms with E-state index in [4.69, 9.17) is 4.74 Å². The Labute approximate surface area is 154 Å². The van der Waals surface area contributed by atoms with Crippen molar-refractivity contribution in [2.24, 2.45) is 5.92 Å². The molecule has 2 amide bonds. The lowest BCUT2D eigenvalue weighted by atomic mass is 10.0. The molecule has 0 aliphatic carbocycles. The summed E-state index contributed by atoms with van der Waals surface area (Å²) in [4.78, 5) is 38.2. The monoisotopic (exact) mass is 364 g/mol. The van der Waals surface area contributed by atoms with Crippen LogP contribution in [-0.2, 0) is 25.7 Å². The van der Waals surface area contributed by atoms with Gasteiger partial charge < -0.3 is 14.8 Å². The molecule has 0 radical (unpaired) electrons. The number of nitrogens with zero attached hydrogens (tertiary/aromatic N) is 1. The molecule has 0 bridgehead atoms. The Kier molecular flexibility index (Phi) is 8.78. The van der Waals surface area contributed by atoms with Gasteiger partial charge in [-0.25, -0.2) is 14.5 Å². The molecule has 0 aliphatic rings. The predicted molar refractivity (Wildman–Crippen MR) is 97.3 cm³/mol. The third-order valence-electron chi connectivity index (χ3n) is 3.92. The summed E-state index contributed by atoms with van der Waals surface area (Å²) in [6.07, 6.45) is -0.355. The van der Waals surface area contributed by atoms with Crippen molar-refractivity contribution in [2.75, 3.05) is 14.2 Å². The van der Waals surface area contributed by atoms with Gasteiger partial charge >= 0.3 is 12.1 Å². The van der Waals surface area contributed by atoms with E-state index in [-0.39, 0.29) is 12.5 Å². The quantitative estimate of drug-likeness (QED) is 0.713. The van der Waals surface area contributed by atoms with Gasteiger partial charge in [0.05, 0.1) is 13.2 Å². The Morgan fingerprint density at radius 1 is 1.12 bits per heavy atom. The maximum atomic E-state index is 12.9. The zero-order valence-electron chi connectivity index (χ0n) is 16.0. The number of ether oxygens (including phenoxy) is 2. The van der Waals surface area contributed by atoms with Crippen LogP contribution in [0.1, 0.15) is 32.8 Å². The normalized spacial score (nSPS) is 13.0. The minimum Gasteiger partial charge on any atom is -0.467 e. The van der Waals surface area contributed by atoms with Gasteiger partial charge in [0.15, 0.2) is 0 Å². The van der Waals surface area contributed by atoms with E-state index in [2.05, 4.69) is 10.1 Å². The number of amides is 2. The summed E-state index contributed by atoms with van der Waals surface area (Å²) in [6.45, 7) is 5.39. The number of hydrogen-bond donors (Lipinski definition) is 1. The third kappa shape index (κ3) is 6.15. The van der Waals surface area contributed by atoms with E-state index in [1.165, 1.54) is 14.0 Å². The minimum absolute atomic E-state index is 0.00570. The van der Waals surface area contributed by atoms with Crippen LogP contribution in [0, 0.1) is 5.92 Å². The van der Waals surface area contributed by atoms with Crippen molar-refractivity contribution in [1.29, 1.82) is 0 Å². The number of imide groups is 1. The SMILES string of the molecule is CN[C@@H](CC(C)C)C(=O)N(C(=O)OCc1ccccc1)[C@H](C)C(=O)OC. The van der Waals surface area contributed by atoms with Gasteiger partial charge in [-0.2, -0.15) is 0 Å². The van der Waals surface area contributed by atoms with Gasteiger partial charge in [-0.05, 0) is 31.9 Å². The summed E-state index contributed by atoms with van der Waals surface area (Å²) in [5.41, 5.74) is 0.784. The zero-order chi connectivity index (χ0) is 19.7. The van der Waals surface area contributed by atoms with Gasteiger partial charge in [-0.15, -0.1) is 0 Å². The highest BCUT2D eigenvalue weighted by molar-refractivity contribution is 5.99. The number of nitrogens with one attached hydrogen (secondary N) is 1. The van der Waals surface area contributed by atoms with Gasteiger partial charge in [0, 0.05) is 0 Å². The molecule has 0 heterocycles. The molecule has 0 aliphatic heterocycles. The zero-order valence-corrected chi connectivity index (χ0v) is 16.0. The number of carbonyl (C=O) groups is 3. The lowest BCUT2D eigenvalue weighted by molar-refractivity contribution is -0.151. The van der Waals surface area contributed by atoms with Gasteiger partial charge in [-0.1, -0.05) is 44.2 Å². The van der Waals surface area contributed by atoms with Crippen LogP contribution in [0.4, 0.5) is 4.79 Å².